The average molecular weight is 320 g/mol. The lowest BCUT2D eigenvalue weighted by molar-refractivity contribution is 0.467. The zero-order valence-corrected chi connectivity index (χ0v) is 13.1. The lowest BCUT2D eigenvalue weighted by Gasteiger charge is -2.24. The molecule has 0 aliphatic carbocycles. The highest BCUT2D eigenvalue weighted by atomic mass is 32.2. The highest BCUT2D eigenvalue weighted by molar-refractivity contribution is 8.02. The first-order chi connectivity index (χ1) is 10.1. The van der Waals surface area contributed by atoms with Gasteiger partial charge in [0.25, 0.3) is 0 Å². The molecular weight excluding hydrogens is 304 g/mol. The molecule has 1 saturated heterocycles. The summed E-state index contributed by atoms with van der Waals surface area (Å²) in [4.78, 5) is 0.279. The van der Waals surface area contributed by atoms with Gasteiger partial charge in [0.1, 0.15) is 16.4 Å². The molecule has 3 nitrogen and oxygen atoms in total. The second-order valence-electron chi connectivity index (χ2n) is 4.92. The van der Waals surface area contributed by atoms with Gasteiger partial charge < -0.3 is 4.74 Å². The molecule has 0 spiro atoms. The zero-order valence-electron chi connectivity index (χ0n) is 11.4. The largest absolute Gasteiger partial charge is 0.456 e. The van der Waals surface area contributed by atoms with Crippen LogP contribution in [0.5, 0.6) is 11.5 Å². The van der Waals surface area contributed by atoms with Gasteiger partial charge in [-0.3, -0.25) is 0 Å². The molecule has 0 N–H and O–H groups in total. The highest BCUT2D eigenvalue weighted by Crippen LogP contribution is 2.34. The van der Waals surface area contributed by atoms with E-state index < -0.39 is 9.84 Å². The summed E-state index contributed by atoms with van der Waals surface area (Å²) in [6, 6.07) is 16.1. The van der Waals surface area contributed by atoms with Gasteiger partial charge in [-0.15, -0.1) is 0 Å². The lowest BCUT2D eigenvalue weighted by Crippen LogP contribution is -2.25. The minimum absolute atomic E-state index is 0.187. The van der Waals surface area contributed by atoms with Gasteiger partial charge in [0, 0.05) is 5.25 Å². The Labute approximate surface area is 129 Å². The minimum Gasteiger partial charge on any atom is -0.456 e. The summed E-state index contributed by atoms with van der Waals surface area (Å²) in [5, 5.41) is 0.222. The molecule has 1 heterocycles. The summed E-state index contributed by atoms with van der Waals surface area (Å²) in [5.41, 5.74) is 0. The van der Waals surface area contributed by atoms with Crippen molar-refractivity contribution in [2.45, 2.75) is 16.6 Å². The molecule has 5 heteroatoms. The first-order valence-electron chi connectivity index (χ1n) is 6.81. The van der Waals surface area contributed by atoms with Crippen molar-refractivity contribution in [3.63, 3.8) is 0 Å². The molecular formula is C16H16O3S2. The van der Waals surface area contributed by atoms with E-state index in [-0.39, 0.29) is 15.9 Å². The van der Waals surface area contributed by atoms with Crippen LogP contribution in [0.2, 0.25) is 0 Å². The van der Waals surface area contributed by atoms with E-state index in [4.69, 9.17) is 4.74 Å². The van der Waals surface area contributed by atoms with Gasteiger partial charge >= 0.3 is 0 Å². The smallest absolute Gasteiger partial charge is 0.183 e. The molecule has 2 aromatic carbocycles. The van der Waals surface area contributed by atoms with E-state index in [0.29, 0.717) is 11.5 Å². The molecule has 1 atom stereocenters. The third kappa shape index (κ3) is 3.41. The molecule has 3 rings (SSSR count). The number of benzene rings is 2. The summed E-state index contributed by atoms with van der Waals surface area (Å²) >= 11 is 1.72. The van der Waals surface area contributed by atoms with E-state index in [2.05, 4.69) is 0 Å². The van der Waals surface area contributed by atoms with Crippen LogP contribution in [-0.4, -0.2) is 25.2 Å². The molecule has 1 unspecified atom stereocenters. The Morgan fingerprint density at radius 3 is 2.38 bits per heavy atom. The van der Waals surface area contributed by atoms with Crippen LogP contribution in [0, 0.1) is 0 Å². The third-order valence-corrected chi connectivity index (χ3v) is 6.76. The number of hydrogen-bond donors (Lipinski definition) is 0. The van der Waals surface area contributed by atoms with Crippen LogP contribution in [0.15, 0.2) is 59.5 Å². The van der Waals surface area contributed by atoms with Crippen molar-refractivity contribution in [3.05, 3.63) is 54.6 Å². The van der Waals surface area contributed by atoms with E-state index in [0.717, 1.165) is 12.2 Å². The molecule has 0 saturated carbocycles. The molecule has 0 bridgehead atoms. The fraction of sp³-hybridized carbons (Fsp3) is 0.250. The van der Waals surface area contributed by atoms with Crippen LogP contribution in [0.25, 0.3) is 0 Å². The number of ether oxygens (including phenoxy) is 1. The Kier molecular flexibility index (Phi) is 4.22. The average Bonchev–Trinajstić information content (AvgIpc) is 2.45. The monoisotopic (exact) mass is 320 g/mol. The van der Waals surface area contributed by atoms with Gasteiger partial charge in [0.05, 0.1) is 5.75 Å². The Bertz CT molecular complexity index is 707. The highest BCUT2D eigenvalue weighted by Gasteiger charge is 2.28. The van der Waals surface area contributed by atoms with Gasteiger partial charge in [-0.25, -0.2) is 8.42 Å². The van der Waals surface area contributed by atoms with Crippen molar-refractivity contribution in [2.75, 3.05) is 11.5 Å². The molecule has 1 fully saturated rings. The zero-order chi connectivity index (χ0) is 14.7. The summed E-state index contributed by atoms with van der Waals surface area (Å²) in [6.45, 7) is 0. The Morgan fingerprint density at radius 1 is 1.05 bits per heavy atom. The second-order valence-corrected chi connectivity index (χ2v) is 8.34. The number of rotatable bonds is 5. The maximum atomic E-state index is 12.6. The predicted octanol–water partition coefficient (Wildman–Crippen LogP) is 3.76. The molecule has 21 heavy (non-hydrogen) atoms. The number of para-hydroxylation sites is 2. The topological polar surface area (TPSA) is 43.4 Å². The van der Waals surface area contributed by atoms with Crippen LogP contribution in [0.4, 0.5) is 0 Å². The summed E-state index contributed by atoms with van der Waals surface area (Å²) in [5.74, 6) is 2.28. The summed E-state index contributed by atoms with van der Waals surface area (Å²) in [6.07, 6.45) is 0.978. The standard InChI is InChI=1S/C16H16O3S2/c17-21(18,12-14-10-11-20-14)16-9-5-4-8-15(16)19-13-6-2-1-3-7-13/h1-9,14H,10-12H2. The Morgan fingerprint density at radius 2 is 1.71 bits per heavy atom. The maximum absolute atomic E-state index is 12.6. The van der Waals surface area contributed by atoms with Crippen LogP contribution >= 0.6 is 11.8 Å². The van der Waals surface area contributed by atoms with Crippen molar-refractivity contribution in [2.24, 2.45) is 0 Å². The first kappa shape index (κ1) is 14.5. The lowest BCUT2D eigenvalue weighted by atomic mass is 10.3. The fourth-order valence-electron chi connectivity index (χ4n) is 2.16. The molecule has 110 valence electrons. The van der Waals surface area contributed by atoms with Gasteiger partial charge in [-0.1, -0.05) is 30.3 Å². The van der Waals surface area contributed by atoms with Crippen molar-refractivity contribution in [3.8, 4) is 11.5 Å². The van der Waals surface area contributed by atoms with E-state index in [9.17, 15) is 8.42 Å². The number of thioether (sulfide) groups is 1. The van der Waals surface area contributed by atoms with E-state index in [1.807, 2.05) is 30.3 Å². The maximum Gasteiger partial charge on any atom is 0.183 e. The first-order valence-corrected chi connectivity index (χ1v) is 9.51. The van der Waals surface area contributed by atoms with E-state index in [1.54, 1.807) is 36.0 Å². The van der Waals surface area contributed by atoms with Crippen LogP contribution in [0.1, 0.15) is 6.42 Å². The van der Waals surface area contributed by atoms with Gasteiger partial charge in [-0.05, 0) is 36.4 Å². The molecule has 1 aliphatic heterocycles. The van der Waals surface area contributed by atoms with Crippen LogP contribution in [0.3, 0.4) is 0 Å². The van der Waals surface area contributed by atoms with E-state index >= 15 is 0 Å². The van der Waals surface area contributed by atoms with E-state index in [1.165, 1.54) is 0 Å². The van der Waals surface area contributed by atoms with Crippen LogP contribution < -0.4 is 4.74 Å². The normalized spacial score (nSPS) is 18.0. The van der Waals surface area contributed by atoms with Crippen LogP contribution in [-0.2, 0) is 9.84 Å². The number of hydrogen-bond acceptors (Lipinski definition) is 4. The minimum atomic E-state index is -3.32. The van der Waals surface area contributed by atoms with Gasteiger partial charge in [0.15, 0.2) is 9.84 Å². The number of sulfone groups is 1. The molecule has 0 amide bonds. The molecule has 1 aliphatic rings. The summed E-state index contributed by atoms with van der Waals surface area (Å²) < 4.78 is 30.8. The van der Waals surface area contributed by atoms with Crippen molar-refractivity contribution >= 4 is 21.6 Å². The second kappa shape index (κ2) is 6.12. The fourth-order valence-corrected chi connectivity index (χ4v) is 5.19. The molecule has 2 aromatic rings. The quantitative estimate of drug-likeness (QED) is 0.841. The van der Waals surface area contributed by atoms with Gasteiger partial charge in [-0.2, -0.15) is 11.8 Å². The molecule has 0 aromatic heterocycles. The van der Waals surface area contributed by atoms with Crippen molar-refractivity contribution in [1.29, 1.82) is 0 Å². The SMILES string of the molecule is O=S(=O)(CC1CCS1)c1ccccc1Oc1ccccc1. The van der Waals surface area contributed by atoms with Crippen molar-refractivity contribution < 1.29 is 13.2 Å². The Hall–Kier alpha value is -1.46. The Balaban J connectivity index is 1.88. The predicted molar refractivity (Wildman–Crippen MR) is 85.9 cm³/mol. The van der Waals surface area contributed by atoms with Crippen molar-refractivity contribution in [1.82, 2.24) is 0 Å². The third-order valence-electron chi connectivity index (χ3n) is 3.35. The molecule has 0 radical (unpaired) electrons. The van der Waals surface area contributed by atoms with Gasteiger partial charge in [0.2, 0.25) is 0 Å². The summed E-state index contributed by atoms with van der Waals surface area (Å²) in [7, 11) is -3.32.